The van der Waals surface area contributed by atoms with E-state index >= 15 is 0 Å². The molecule has 2 amide bonds. The van der Waals surface area contributed by atoms with Crippen molar-refractivity contribution < 1.29 is 14.3 Å². The number of pyridine rings is 1. The Hall–Kier alpha value is -3.15. The number of ether oxygens (including phenoxy) is 1. The van der Waals surface area contributed by atoms with E-state index in [4.69, 9.17) is 4.74 Å². The van der Waals surface area contributed by atoms with Gasteiger partial charge in [-0.05, 0) is 50.9 Å². The van der Waals surface area contributed by atoms with Gasteiger partial charge in [0.05, 0.1) is 11.7 Å². The first-order valence-corrected chi connectivity index (χ1v) is 13.4. The third kappa shape index (κ3) is 5.63. The van der Waals surface area contributed by atoms with E-state index in [0.717, 1.165) is 61.6 Å². The third-order valence-electron chi connectivity index (χ3n) is 6.63. The predicted molar refractivity (Wildman–Crippen MR) is 137 cm³/mol. The first-order chi connectivity index (χ1) is 17.6. The summed E-state index contributed by atoms with van der Waals surface area (Å²) >= 11 is 1.41. The smallest absolute Gasteiger partial charge is 0.275 e. The highest BCUT2D eigenvalue weighted by atomic mass is 32.1. The molecule has 2 aliphatic rings. The molecule has 36 heavy (non-hydrogen) atoms. The summed E-state index contributed by atoms with van der Waals surface area (Å²) in [5, 5.41) is 13.0. The number of aromatic nitrogens is 4. The lowest BCUT2D eigenvalue weighted by Gasteiger charge is -2.22. The van der Waals surface area contributed by atoms with Crippen LogP contribution in [0.5, 0.6) is 0 Å². The van der Waals surface area contributed by atoms with Crippen LogP contribution in [0.4, 0.5) is 5.69 Å². The number of fused-ring (bicyclic) bond motifs is 6. The summed E-state index contributed by atoms with van der Waals surface area (Å²) in [6.45, 7) is 6.46. The zero-order valence-corrected chi connectivity index (χ0v) is 21.2. The minimum absolute atomic E-state index is 0.125. The minimum atomic E-state index is -0.370. The molecule has 0 saturated carbocycles. The summed E-state index contributed by atoms with van der Waals surface area (Å²) in [5.74, 6) is -0.669. The van der Waals surface area contributed by atoms with Gasteiger partial charge in [0.25, 0.3) is 11.8 Å². The summed E-state index contributed by atoms with van der Waals surface area (Å²) in [4.78, 5) is 37.6. The van der Waals surface area contributed by atoms with Gasteiger partial charge >= 0.3 is 0 Å². The number of carbonyl (C=O) groups excluding carboxylic acids is 2. The summed E-state index contributed by atoms with van der Waals surface area (Å²) in [7, 11) is 0. The van der Waals surface area contributed by atoms with Crippen LogP contribution in [0.3, 0.4) is 0 Å². The van der Waals surface area contributed by atoms with Crippen LogP contribution in [0.25, 0.3) is 10.6 Å². The van der Waals surface area contributed by atoms with Crippen LogP contribution in [-0.4, -0.2) is 75.9 Å². The largest absolute Gasteiger partial charge is 0.381 e. The quantitative estimate of drug-likeness (QED) is 0.546. The second-order valence-electron chi connectivity index (χ2n) is 9.04. The van der Waals surface area contributed by atoms with E-state index in [9.17, 15) is 9.59 Å². The molecule has 5 rings (SSSR count). The molecule has 190 valence electrons. The van der Waals surface area contributed by atoms with Crippen molar-refractivity contribution in [2.75, 3.05) is 44.7 Å². The average molecular weight is 510 g/mol. The number of thiazole rings is 1. The molecule has 2 N–H and O–H groups in total. The number of aryl methyl sites for hydroxylation is 1. The normalized spacial score (nSPS) is 18.6. The Morgan fingerprint density at radius 2 is 2.06 bits per heavy atom. The summed E-state index contributed by atoms with van der Waals surface area (Å²) < 4.78 is 7.26. The van der Waals surface area contributed by atoms with E-state index in [0.29, 0.717) is 31.1 Å². The molecule has 3 aromatic heterocycles. The number of carbonyl (C=O) groups is 2. The molecule has 2 aliphatic heterocycles. The zero-order valence-electron chi connectivity index (χ0n) is 20.4. The fourth-order valence-electron chi connectivity index (χ4n) is 4.56. The summed E-state index contributed by atoms with van der Waals surface area (Å²) in [5.41, 5.74) is 2.86. The van der Waals surface area contributed by atoms with Crippen molar-refractivity contribution in [1.82, 2.24) is 30.0 Å². The van der Waals surface area contributed by atoms with E-state index in [1.165, 1.54) is 11.3 Å². The second-order valence-corrected chi connectivity index (χ2v) is 9.89. The molecule has 0 aromatic carbocycles. The van der Waals surface area contributed by atoms with E-state index in [1.807, 2.05) is 6.07 Å². The van der Waals surface area contributed by atoms with Crippen LogP contribution < -0.4 is 10.6 Å². The predicted octanol–water partition coefficient (Wildman–Crippen LogP) is 3.00. The van der Waals surface area contributed by atoms with Crippen molar-refractivity contribution in [3.05, 3.63) is 47.0 Å². The Morgan fingerprint density at radius 1 is 1.19 bits per heavy atom. The molecule has 4 bridgehead atoms. The lowest BCUT2D eigenvalue weighted by atomic mass is 10.1. The third-order valence-corrected chi connectivity index (χ3v) is 7.52. The Balaban J connectivity index is 1.46. The van der Waals surface area contributed by atoms with Crippen molar-refractivity contribution >= 4 is 28.8 Å². The molecule has 0 aliphatic carbocycles. The van der Waals surface area contributed by atoms with Crippen molar-refractivity contribution in [2.24, 2.45) is 0 Å². The summed E-state index contributed by atoms with van der Waals surface area (Å²) in [6.07, 6.45) is 6.98. The Morgan fingerprint density at radius 3 is 2.89 bits per heavy atom. The number of likely N-dealkylation sites (N-methyl/N-ethyl adjacent to an activating group) is 1. The molecule has 3 aromatic rings. The van der Waals surface area contributed by atoms with E-state index in [-0.39, 0.29) is 23.6 Å². The topological polar surface area (TPSA) is 114 Å². The lowest BCUT2D eigenvalue weighted by molar-refractivity contribution is 0.0660. The number of nitrogens with zero attached hydrogens (tertiary/aromatic N) is 5. The molecule has 0 radical (unpaired) electrons. The maximum Gasteiger partial charge on any atom is 0.275 e. The summed E-state index contributed by atoms with van der Waals surface area (Å²) in [6, 6.07) is 4.09. The van der Waals surface area contributed by atoms with Gasteiger partial charge in [-0.15, -0.1) is 11.3 Å². The van der Waals surface area contributed by atoms with Gasteiger partial charge in [-0.2, -0.15) is 5.10 Å². The van der Waals surface area contributed by atoms with Crippen LogP contribution in [0.2, 0.25) is 0 Å². The Kier molecular flexibility index (Phi) is 7.69. The molecular formula is C25H31N7O3S. The van der Waals surface area contributed by atoms with Crippen LogP contribution in [0, 0.1) is 0 Å². The average Bonchev–Trinajstić information content (AvgIpc) is 3.56. The van der Waals surface area contributed by atoms with Gasteiger partial charge in [-0.1, -0.05) is 6.92 Å². The molecular weight excluding hydrogens is 478 g/mol. The Bertz CT molecular complexity index is 1220. The maximum absolute atomic E-state index is 13.1. The van der Waals surface area contributed by atoms with Crippen LogP contribution in [-0.2, 0) is 11.2 Å². The van der Waals surface area contributed by atoms with Gasteiger partial charge in [-0.25, -0.2) is 4.98 Å². The minimum Gasteiger partial charge on any atom is -0.381 e. The Labute approximate surface area is 214 Å². The number of hydrogen-bond acceptors (Lipinski definition) is 8. The monoisotopic (exact) mass is 509 g/mol. The SMILES string of the molecule is CCN1CCCc2cc(ccn2)-c2nc(cs2)C(=O)Nc2cn(C3CCOCC3)nc2C(=O)NCC1. The number of amides is 2. The fraction of sp³-hybridized carbons (Fsp3) is 0.480. The van der Waals surface area contributed by atoms with Crippen LogP contribution in [0.15, 0.2) is 29.9 Å². The van der Waals surface area contributed by atoms with E-state index in [1.54, 1.807) is 22.5 Å². The molecule has 1 fully saturated rings. The van der Waals surface area contributed by atoms with Gasteiger partial charge in [0.15, 0.2) is 5.69 Å². The molecule has 11 heteroatoms. The number of rotatable bonds is 2. The second kappa shape index (κ2) is 11.3. The van der Waals surface area contributed by atoms with Crippen LogP contribution >= 0.6 is 11.3 Å². The maximum atomic E-state index is 13.1. The van der Waals surface area contributed by atoms with Crippen molar-refractivity contribution in [2.45, 2.75) is 38.6 Å². The van der Waals surface area contributed by atoms with Gasteiger partial charge < -0.3 is 20.3 Å². The van der Waals surface area contributed by atoms with Gasteiger partial charge in [0.1, 0.15) is 10.7 Å². The molecule has 0 spiro atoms. The van der Waals surface area contributed by atoms with Crippen molar-refractivity contribution in [1.29, 1.82) is 0 Å². The first kappa shape index (κ1) is 24.5. The van der Waals surface area contributed by atoms with Crippen LogP contribution in [0.1, 0.15) is 58.9 Å². The lowest BCUT2D eigenvalue weighted by Crippen LogP contribution is -2.36. The number of hydrogen-bond donors (Lipinski definition) is 2. The van der Waals surface area contributed by atoms with Gasteiger partial charge in [0.2, 0.25) is 0 Å². The highest BCUT2D eigenvalue weighted by Gasteiger charge is 2.24. The van der Waals surface area contributed by atoms with Gasteiger partial charge in [-0.3, -0.25) is 19.3 Å². The van der Waals surface area contributed by atoms with E-state index < -0.39 is 0 Å². The fourth-order valence-corrected chi connectivity index (χ4v) is 5.35. The van der Waals surface area contributed by atoms with E-state index in [2.05, 4.69) is 43.6 Å². The highest BCUT2D eigenvalue weighted by molar-refractivity contribution is 7.13. The van der Waals surface area contributed by atoms with Crippen molar-refractivity contribution in [3.8, 4) is 10.6 Å². The van der Waals surface area contributed by atoms with Gasteiger partial charge in [0, 0.05) is 55.3 Å². The first-order valence-electron chi connectivity index (χ1n) is 12.5. The van der Waals surface area contributed by atoms with Crippen molar-refractivity contribution in [3.63, 3.8) is 0 Å². The zero-order chi connectivity index (χ0) is 24.9. The molecule has 10 nitrogen and oxygen atoms in total. The standard InChI is InChI=1S/C25H31N7O3S/c1-2-31-10-3-4-18-14-17(5-8-26-18)25-29-21(16-36-25)23(33)28-20-15-32(19-6-12-35-13-7-19)30-22(20)24(34)27-9-11-31/h5,8,14-16,19H,2-4,6-7,9-13H2,1H3,(H,27,34)(H,28,33). The molecule has 0 atom stereocenters. The highest BCUT2D eigenvalue weighted by Crippen LogP contribution is 2.27. The molecule has 5 heterocycles. The molecule has 0 unspecified atom stereocenters. The number of nitrogens with one attached hydrogen (secondary N) is 2. The molecule has 1 saturated heterocycles. The number of anilines is 1.